The third-order valence-electron chi connectivity index (χ3n) is 2.45. The number of ether oxygens (including phenoxy) is 1. The number of rotatable bonds is 5. The van der Waals surface area contributed by atoms with Gasteiger partial charge in [0, 0.05) is 16.0 Å². The molecular weight excluding hydrogens is 280 g/mol. The number of methoxy groups -OCH3 is 1. The molecule has 0 spiro atoms. The summed E-state index contributed by atoms with van der Waals surface area (Å²) in [5, 5.41) is 5.84. The molecule has 0 aliphatic heterocycles. The van der Waals surface area contributed by atoms with Crippen LogP contribution in [0.5, 0.6) is 0 Å². The van der Waals surface area contributed by atoms with Crippen LogP contribution in [0.15, 0.2) is 34.5 Å². The summed E-state index contributed by atoms with van der Waals surface area (Å²) >= 11 is 3.18. The maximum Gasteiger partial charge on any atom is 0.311 e. The molecule has 0 bridgehead atoms. The van der Waals surface area contributed by atoms with Crippen LogP contribution in [0.3, 0.4) is 0 Å². The Labute approximate surface area is 120 Å². The zero-order valence-corrected chi connectivity index (χ0v) is 12.3. The summed E-state index contributed by atoms with van der Waals surface area (Å²) in [6.07, 6.45) is 2.25. The first-order valence-corrected chi connectivity index (χ1v) is 7.74. The van der Waals surface area contributed by atoms with Gasteiger partial charge in [-0.3, -0.25) is 4.79 Å². The standard InChI is InChI=1S/C13H14N2O2S2/c1-17-12(16)7-10-8-19-13(15-10)14-9-3-5-11(18-2)6-4-9/h3-6,8H,7H2,1-2H3,(H,14,15). The Morgan fingerprint density at radius 1 is 1.42 bits per heavy atom. The van der Waals surface area contributed by atoms with E-state index in [1.54, 1.807) is 11.8 Å². The minimum absolute atomic E-state index is 0.208. The number of benzene rings is 1. The van der Waals surface area contributed by atoms with Crippen LogP contribution in [0, 0.1) is 0 Å². The van der Waals surface area contributed by atoms with Crippen molar-refractivity contribution in [2.45, 2.75) is 11.3 Å². The molecule has 1 heterocycles. The third-order valence-corrected chi connectivity index (χ3v) is 4.00. The van der Waals surface area contributed by atoms with Crippen LogP contribution >= 0.6 is 23.1 Å². The number of esters is 1. The van der Waals surface area contributed by atoms with Gasteiger partial charge in [0.25, 0.3) is 0 Å². The molecular formula is C13H14N2O2S2. The van der Waals surface area contributed by atoms with Crippen LogP contribution in [0.4, 0.5) is 10.8 Å². The zero-order valence-electron chi connectivity index (χ0n) is 10.7. The van der Waals surface area contributed by atoms with Crippen LogP contribution in [0.1, 0.15) is 5.69 Å². The molecule has 0 saturated carbocycles. The molecule has 1 N–H and O–H groups in total. The number of nitrogens with one attached hydrogen (secondary N) is 1. The normalized spacial score (nSPS) is 10.2. The lowest BCUT2D eigenvalue weighted by atomic mass is 10.3. The SMILES string of the molecule is COC(=O)Cc1csc(Nc2ccc(SC)cc2)n1. The Bertz CT molecular complexity index is 552. The Kier molecular flexibility index (Phi) is 4.81. The van der Waals surface area contributed by atoms with Crippen LogP contribution in [-0.2, 0) is 16.0 Å². The van der Waals surface area contributed by atoms with Gasteiger partial charge in [0.15, 0.2) is 5.13 Å². The van der Waals surface area contributed by atoms with Gasteiger partial charge in [0.05, 0.1) is 19.2 Å². The van der Waals surface area contributed by atoms with E-state index in [0.717, 1.165) is 16.5 Å². The van der Waals surface area contributed by atoms with E-state index < -0.39 is 0 Å². The number of carbonyl (C=O) groups is 1. The van der Waals surface area contributed by atoms with Crippen LogP contribution < -0.4 is 5.32 Å². The molecule has 0 atom stereocenters. The van der Waals surface area contributed by atoms with E-state index in [4.69, 9.17) is 0 Å². The smallest absolute Gasteiger partial charge is 0.311 e. The molecule has 4 nitrogen and oxygen atoms in total. The Balaban J connectivity index is 2.00. The maximum absolute atomic E-state index is 11.1. The summed E-state index contributed by atoms with van der Waals surface area (Å²) in [5.41, 5.74) is 1.71. The fourth-order valence-corrected chi connectivity index (χ4v) is 2.60. The second-order valence-corrected chi connectivity index (χ2v) is 5.49. The van der Waals surface area contributed by atoms with Crippen LogP contribution in [0.2, 0.25) is 0 Å². The van der Waals surface area contributed by atoms with Gasteiger partial charge in [-0.1, -0.05) is 0 Å². The first kappa shape index (κ1) is 13.9. The van der Waals surface area contributed by atoms with E-state index in [1.807, 2.05) is 23.8 Å². The molecule has 0 unspecified atom stereocenters. The highest BCUT2D eigenvalue weighted by Gasteiger charge is 2.07. The quantitative estimate of drug-likeness (QED) is 0.677. The highest BCUT2D eigenvalue weighted by atomic mass is 32.2. The summed E-state index contributed by atoms with van der Waals surface area (Å²) in [6.45, 7) is 0. The predicted octanol–water partition coefficient (Wildman–Crippen LogP) is 3.32. The summed E-state index contributed by atoms with van der Waals surface area (Å²) in [4.78, 5) is 16.7. The summed E-state index contributed by atoms with van der Waals surface area (Å²) in [6, 6.07) is 8.12. The summed E-state index contributed by atoms with van der Waals surface area (Å²) < 4.78 is 4.61. The van der Waals surface area contributed by atoms with Crippen molar-refractivity contribution < 1.29 is 9.53 Å². The molecule has 1 aromatic heterocycles. The molecule has 19 heavy (non-hydrogen) atoms. The van der Waals surface area contributed by atoms with E-state index >= 15 is 0 Å². The summed E-state index contributed by atoms with van der Waals surface area (Å²) in [5.74, 6) is -0.277. The second kappa shape index (κ2) is 6.58. The zero-order chi connectivity index (χ0) is 13.7. The second-order valence-electron chi connectivity index (χ2n) is 3.75. The van der Waals surface area contributed by atoms with E-state index in [1.165, 1.54) is 23.3 Å². The van der Waals surface area contributed by atoms with Crippen LogP contribution in [0.25, 0.3) is 0 Å². The van der Waals surface area contributed by atoms with Crippen molar-refractivity contribution in [2.24, 2.45) is 0 Å². The number of carbonyl (C=O) groups excluding carboxylic acids is 1. The van der Waals surface area contributed by atoms with Crippen molar-refractivity contribution in [3.8, 4) is 0 Å². The van der Waals surface area contributed by atoms with Gasteiger partial charge in [-0.2, -0.15) is 0 Å². The Hall–Kier alpha value is -1.53. The number of aromatic nitrogens is 1. The van der Waals surface area contributed by atoms with Crippen molar-refractivity contribution in [1.82, 2.24) is 4.98 Å². The Morgan fingerprint density at radius 2 is 2.16 bits per heavy atom. The topological polar surface area (TPSA) is 51.2 Å². The fraction of sp³-hybridized carbons (Fsp3) is 0.231. The molecule has 0 amide bonds. The average Bonchev–Trinajstić information content (AvgIpc) is 2.86. The molecule has 0 saturated heterocycles. The maximum atomic E-state index is 11.1. The highest BCUT2D eigenvalue weighted by Crippen LogP contribution is 2.23. The van der Waals surface area contributed by atoms with Crippen molar-refractivity contribution in [2.75, 3.05) is 18.7 Å². The molecule has 100 valence electrons. The predicted molar refractivity (Wildman–Crippen MR) is 79.3 cm³/mol. The molecule has 6 heteroatoms. The largest absolute Gasteiger partial charge is 0.469 e. The van der Waals surface area contributed by atoms with E-state index in [0.29, 0.717) is 0 Å². The van der Waals surface area contributed by atoms with E-state index in [9.17, 15) is 4.79 Å². The van der Waals surface area contributed by atoms with Gasteiger partial charge in [-0.25, -0.2) is 4.98 Å². The van der Waals surface area contributed by atoms with Crippen LogP contribution in [-0.4, -0.2) is 24.3 Å². The van der Waals surface area contributed by atoms with Crippen molar-refractivity contribution in [3.05, 3.63) is 35.3 Å². The molecule has 2 aromatic rings. The van der Waals surface area contributed by atoms with E-state index in [2.05, 4.69) is 27.2 Å². The van der Waals surface area contributed by atoms with E-state index in [-0.39, 0.29) is 12.4 Å². The first-order valence-electron chi connectivity index (χ1n) is 5.63. The number of hydrogen-bond donors (Lipinski definition) is 1. The Morgan fingerprint density at radius 3 is 2.79 bits per heavy atom. The van der Waals surface area contributed by atoms with Gasteiger partial charge in [-0.05, 0) is 30.5 Å². The molecule has 0 fully saturated rings. The van der Waals surface area contributed by atoms with Gasteiger partial charge in [0.1, 0.15) is 0 Å². The molecule has 0 aliphatic carbocycles. The lowest BCUT2D eigenvalue weighted by molar-refractivity contribution is -0.139. The lowest BCUT2D eigenvalue weighted by Crippen LogP contribution is -2.04. The molecule has 2 rings (SSSR count). The van der Waals surface area contributed by atoms with Crippen molar-refractivity contribution in [3.63, 3.8) is 0 Å². The minimum atomic E-state index is -0.277. The average molecular weight is 294 g/mol. The van der Waals surface area contributed by atoms with Crippen molar-refractivity contribution >= 4 is 39.9 Å². The first-order chi connectivity index (χ1) is 9.21. The highest BCUT2D eigenvalue weighted by molar-refractivity contribution is 7.98. The summed E-state index contributed by atoms with van der Waals surface area (Å²) in [7, 11) is 1.38. The van der Waals surface area contributed by atoms with Crippen molar-refractivity contribution in [1.29, 1.82) is 0 Å². The van der Waals surface area contributed by atoms with Gasteiger partial charge < -0.3 is 10.1 Å². The minimum Gasteiger partial charge on any atom is -0.469 e. The molecule has 1 aromatic carbocycles. The fourth-order valence-electron chi connectivity index (χ4n) is 1.46. The number of nitrogens with zero attached hydrogens (tertiary/aromatic N) is 1. The third kappa shape index (κ3) is 3.97. The lowest BCUT2D eigenvalue weighted by Gasteiger charge is -2.03. The molecule has 0 radical (unpaired) electrons. The number of hydrogen-bond acceptors (Lipinski definition) is 6. The monoisotopic (exact) mass is 294 g/mol. The number of thioether (sulfide) groups is 1. The van der Waals surface area contributed by atoms with Gasteiger partial charge in [0.2, 0.25) is 0 Å². The number of thiazole rings is 1. The van der Waals surface area contributed by atoms with Gasteiger partial charge >= 0.3 is 5.97 Å². The molecule has 0 aliphatic rings. The number of anilines is 2. The van der Waals surface area contributed by atoms with Gasteiger partial charge in [-0.15, -0.1) is 23.1 Å².